The van der Waals surface area contributed by atoms with Gasteiger partial charge in [0.2, 0.25) is 0 Å². The molecule has 16 heavy (non-hydrogen) atoms. The summed E-state index contributed by atoms with van der Waals surface area (Å²) in [5.74, 6) is -1.22. The Balaban J connectivity index is 2.95. The van der Waals surface area contributed by atoms with Crippen LogP contribution in [-0.4, -0.2) is 46.8 Å². The first kappa shape index (κ1) is 12.2. The molecule has 1 radical (unpaired) electrons. The van der Waals surface area contributed by atoms with Crippen molar-refractivity contribution in [1.29, 1.82) is 0 Å². The van der Waals surface area contributed by atoms with Crippen molar-refractivity contribution < 1.29 is 14.0 Å². The maximum atomic E-state index is 12.1. The average Bonchev–Trinajstić information content (AvgIpc) is 2.60. The number of nitrogens with two attached hydrogens (primary N) is 1. The zero-order valence-electron chi connectivity index (χ0n) is 9.03. The van der Waals surface area contributed by atoms with Crippen LogP contribution in [0.1, 0.15) is 21.0 Å². The first-order chi connectivity index (χ1) is 7.47. The molecule has 0 fully saturated rings. The summed E-state index contributed by atoms with van der Waals surface area (Å²) >= 11 is 0. The van der Waals surface area contributed by atoms with E-state index in [4.69, 9.17) is 5.73 Å². The summed E-state index contributed by atoms with van der Waals surface area (Å²) in [5, 5.41) is 3.72. The lowest BCUT2D eigenvalue weighted by Crippen LogP contribution is -2.30. The molecule has 0 unspecified atom stereocenters. The third-order valence-electron chi connectivity index (χ3n) is 2.01. The van der Waals surface area contributed by atoms with Gasteiger partial charge in [-0.25, -0.2) is 4.39 Å². The summed E-state index contributed by atoms with van der Waals surface area (Å²) < 4.78 is 13.2. The largest absolute Gasteiger partial charge is 0.364 e. The summed E-state index contributed by atoms with van der Waals surface area (Å²) in [7, 11) is 2.94. The molecule has 0 bridgehead atoms. The van der Waals surface area contributed by atoms with Crippen molar-refractivity contribution in [2.45, 2.75) is 0 Å². The monoisotopic (exact) mass is 227 g/mol. The first-order valence-corrected chi connectivity index (χ1v) is 4.55. The lowest BCUT2D eigenvalue weighted by atomic mass is 10.3. The van der Waals surface area contributed by atoms with E-state index in [9.17, 15) is 14.0 Å². The number of nitrogens with zero attached hydrogens (tertiary/aromatic N) is 3. The lowest BCUT2D eigenvalue weighted by molar-refractivity contribution is 0.0774. The molecule has 0 spiro atoms. The van der Waals surface area contributed by atoms with E-state index in [1.807, 2.05) is 0 Å². The minimum Gasteiger partial charge on any atom is -0.364 e. The second kappa shape index (κ2) is 4.73. The molecule has 1 aromatic heterocycles. The molecule has 1 aromatic rings. The highest BCUT2D eigenvalue weighted by atomic mass is 19.1. The Kier molecular flexibility index (Phi) is 3.60. The Morgan fingerprint density at radius 2 is 2.25 bits per heavy atom. The fourth-order valence-electron chi connectivity index (χ4n) is 1.13. The highest BCUT2D eigenvalue weighted by Gasteiger charge is 2.19. The molecule has 87 valence electrons. The Morgan fingerprint density at radius 1 is 1.62 bits per heavy atom. The van der Waals surface area contributed by atoms with Crippen molar-refractivity contribution in [2.75, 3.05) is 20.3 Å². The number of aryl methyl sites for hydroxylation is 1. The number of halogens is 1. The molecule has 0 saturated carbocycles. The van der Waals surface area contributed by atoms with Crippen LogP contribution in [0.2, 0.25) is 0 Å². The molecule has 0 aliphatic rings. The maximum absolute atomic E-state index is 12.1. The van der Waals surface area contributed by atoms with Gasteiger partial charge in [-0.1, -0.05) is 0 Å². The van der Waals surface area contributed by atoms with Crippen molar-refractivity contribution in [3.05, 3.63) is 17.5 Å². The van der Waals surface area contributed by atoms with Gasteiger partial charge in [-0.2, -0.15) is 5.10 Å². The van der Waals surface area contributed by atoms with Gasteiger partial charge in [-0.3, -0.25) is 14.3 Å². The minimum absolute atomic E-state index is 0.0240. The highest BCUT2D eigenvalue weighted by Crippen LogP contribution is 2.04. The third-order valence-corrected chi connectivity index (χ3v) is 2.01. The molecule has 1 heterocycles. The zero-order chi connectivity index (χ0) is 12.3. The average molecular weight is 227 g/mol. The maximum Gasteiger partial charge on any atom is 0.272 e. The Morgan fingerprint density at radius 3 is 2.69 bits per heavy atom. The van der Waals surface area contributed by atoms with Crippen LogP contribution in [0.5, 0.6) is 0 Å². The predicted octanol–water partition coefficient (Wildman–Crippen LogP) is -0.639. The number of alkyl halides is 1. The normalized spacial score (nSPS) is 10.2. The number of hydrogen-bond acceptors (Lipinski definition) is 3. The van der Waals surface area contributed by atoms with E-state index in [1.54, 1.807) is 0 Å². The number of amides is 2. The third kappa shape index (κ3) is 2.36. The van der Waals surface area contributed by atoms with Crippen molar-refractivity contribution >= 4 is 11.8 Å². The Bertz CT molecular complexity index is 416. The van der Waals surface area contributed by atoms with Crippen molar-refractivity contribution in [1.82, 2.24) is 14.7 Å². The van der Waals surface area contributed by atoms with Gasteiger partial charge in [-0.05, 0) is 0 Å². The lowest BCUT2D eigenvalue weighted by Gasteiger charge is -2.14. The van der Waals surface area contributed by atoms with E-state index in [0.717, 1.165) is 0 Å². The van der Waals surface area contributed by atoms with Crippen LogP contribution in [0.25, 0.3) is 0 Å². The smallest absolute Gasteiger partial charge is 0.272 e. The van der Waals surface area contributed by atoms with Crippen molar-refractivity contribution in [2.24, 2.45) is 12.8 Å². The van der Waals surface area contributed by atoms with Crippen LogP contribution in [0, 0.1) is 6.07 Å². The molecular formula is C9H12FN4O2. The fraction of sp³-hybridized carbons (Fsp3) is 0.444. The van der Waals surface area contributed by atoms with Crippen LogP contribution in [-0.2, 0) is 7.05 Å². The van der Waals surface area contributed by atoms with Crippen LogP contribution < -0.4 is 5.73 Å². The van der Waals surface area contributed by atoms with E-state index in [1.165, 1.54) is 23.7 Å². The summed E-state index contributed by atoms with van der Waals surface area (Å²) in [6.07, 6.45) is 0. The zero-order valence-corrected chi connectivity index (χ0v) is 9.03. The molecule has 2 amide bonds. The van der Waals surface area contributed by atoms with Crippen molar-refractivity contribution in [3.63, 3.8) is 0 Å². The second-order valence-electron chi connectivity index (χ2n) is 3.23. The quantitative estimate of drug-likeness (QED) is 0.742. The summed E-state index contributed by atoms with van der Waals surface area (Å²) in [5.41, 5.74) is 4.96. The van der Waals surface area contributed by atoms with E-state index in [0.29, 0.717) is 0 Å². The number of hydrogen-bond donors (Lipinski definition) is 1. The van der Waals surface area contributed by atoms with Crippen LogP contribution in [0.3, 0.4) is 0 Å². The van der Waals surface area contributed by atoms with E-state index < -0.39 is 18.5 Å². The van der Waals surface area contributed by atoms with Gasteiger partial charge in [0.05, 0.1) is 6.07 Å². The van der Waals surface area contributed by atoms with Crippen molar-refractivity contribution in [3.8, 4) is 0 Å². The number of primary amides is 1. The first-order valence-electron chi connectivity index (χ1n) is 4.55. The number of rotatable bonds is 4. The SMILES string of the molecule is CN(CCF)C(=O)c1[c]c(C(N)=O)nn1C. The summed E-state index contributed by atoms with van der Waals surface area (Å²) in [4.78, 5) is 23.7. The van der Waals surface area contributed by atoms with Crippen LogP contribution in [0.15, 0.2) is 0 Å². The van der Waals surface area contributed by atoms with E-state index in [2.05, 4.69) is 11.2 Å². The number of aromatic nitrogens is 2. The summed E-state index contributed by atoms with van der Waals surface area (Å²) in [6.45, 7) is -0.660. The molecule has 0 saturated heterocycles. The Labute approximate surface area is 91.8 Å². The molecule has 0 aliphatic carbocycles. The van der Waals surface area contributed by atoms with E-state index in [-0.39, 0.29) is 17.9 Å². The Hall–Kier alpha value is -1.92. The van der Waals surface area contributed by atoms with Gasteiger partial charge in [-0.15, -0.1) is 0 Å². The van der Waals surface area contributed by atoms with Gasteiger partial charge in [0, 0.05) is 20.6 Å². The summed E-state index contributed by atoms with van der Waals surface area (Å²) in [6, 6.07) is 2.48. The number of carbonyl (C=O) groups excluding carboxylic acids is 2. The number of carbonyl (C=O) groups is 2. The van der Waals surface area contributed by atoms with Gasteiger partial charge in [0.1, 0.15) is 12.4 Å². The van der Waals surface area contributed by atoms with Gasteiger partial charge < -0.3 is 10.6 Å². The predicted molar refractivity (Wildman–Crippen MR) is 53.5 cm³/mol. The molecule has 1 rings (SSSR count). The van der Waals surface area contributed by atoms with Gasteiger partial charge >= 0.3 is 0 Å². The molecule has 0 atom stereocenters. The molecule has 2 N–H and O–H groups in total. The van der Waals surface area contributed by atoms with Gasteiger partial charge in [0.25, 0.3) is 11.8 Å². The second-order valence-corrected chi connectivity index (χ2v) is 3.23. The van der Waals surface area contributed by atoms with Crippen LogP contribution >= 0.6 is 0 Å². The van der Waals surface area contributed by atoms with Gasteiger partial charge in [0.15, 0.2) is 5.69 Å². The molecule has 6 nitrogen and oxygen atoms in total. The topological polar surface area (TPSA) is 81.2 Å². The molecule has 7 heteroatoms. The molecule has 0 aliphatic heterocycles. The molecular weight excluding hydrogens is 215 g/mol. The highest BCUT2D eigenvalue weighted by molar-refractivity contribution is 5.96. The molecule has 0 aromatic carbocycles. The van der Waals surface area contributed by atoms with Crippen LogP contribution in [0.4, 0.5) is 4.39 Å². The standard InChI is InChI=1S/C9H12FN4O2/c1-13(4-3-10)9(16)7-5-6(8(11)15)12-14(7)2/h3-4H2,1-2H3,(H2,11,15). The fourth-order valence-corrected chi connectivity index (χ4v) is 1.13. The minimum atomic E-state index is -0.761. The van der Waals surface area contributed by atoms with E-state index >= 15 is 0 Å².